The van der Waals surface area contributed by atoms with E-state index in [1.807, 2.05) is 6.07 Å². The molecule has 1 atom stereocenters. The van der Waals surface area contributed by atoms with E-state index in [4.69, 9.17) is 4.74 Å². The monoisotopic (exact) mass is 205 g/mol. The smallest absolute Gasteiger partial charge is 0.119 e. The molecule has 82 valence electrons. The van der Waals surface area contributed by atoms with E-state index in [1.54, 1.807) is 7.11 Å². The summed E-state index contributed by atoms with van der Waals surface area (Å²) >= 11 is 0. The van der Waals surface area contributed by atoms with Gasteiger partial charge in [-0.15, -0.1) is 0 Å². The standard InChI is InChI=1S/C13H19NO/c1-15-13-4-2-3-11(9-13)5-6-12-7-8-14-10-12/h2-4,9,12,14H,5-8,10H2,1H3. The van der Waals surface area contributed by atoms with Crippen molar-refractivity contribution in [1.82, 2.24) is 5.32 Å². The molecule has 0 spiro atoms. The van der Waals surface area contributed by atoms with Crippen LogP contribution in [-0.4, -0.2) is 20.2 Å². The fourth-order valence-corrected chi connectivity index (χ4v) is 2.16. The van der Waals surface area contributed by atoms with E-state index in [1.165, 1.54) is 37.9 Å². The number of nitrogens with one attached hydrogen (secondary N) is 1. The van der Waals surface area contributed by atoms with Crippen molar-refractivity contribution >= 4 is 0 Å². The summed E-state index contributed by atoms with van der Waals surface area (Å²) in [6.45, 7) is 2.40. The van der Waals surface area contributed by atoms with Crippen LogP contribution in [0.15, 0.2) is 24.3 Å². The highest BCUT2D eigenvalue weighted by Crippen LogP contribution is 2.18. The second-order valence-electron chi connectivity index (χ2n) is 4.25. The van der Waals surface area contributed by atoms with Gasteiger partial charge < -0.3 is 10.1 Å². The molecule has 1 aliphatic heterocycles. The molecule has 2 heteroatoms. The highest BCUT2D eigenvalue weighted by molar-refractivity contribution is 5.28. The molecule has 1 aromatic carbocycles. The van der Waals surface area contributed by atoms with Crippen molar-refractivity contribution in [3.05, 3.63) is 29.8 Å². The van der Waals surface area contributed by atoms with Gasteiger partial charge in [-0.25, -0.2) is 0 Å². The zero-order valence-electron chi connectivity index (χ0n) is 9.33. The van der Waals surface area contributed by atoms with Gasteiger partial charge in [0.15, 0.2) is 0 Å². The third-order valence-electron chi connectivity index (χ3n) is 3.14. The third kappa shape index (κ3) is 2.96. The summed E-state index contributed by atoms with van der Waals surface area (Å²) in [6.07, 6.45) is 3.80. The molecule has 2 rings (SSSR count). The maximum Gasteiger partial charge on any atom is 0.119 e. The van der Waals surface area contributed by atoms with Crippen molar-refractivity contribution in [3.63, 3.8) is 0 Å². The van der Waals surface area contributed by atoms with Crippen molar-refractivity contribution in [1.29, 1.82) is 0 Å². The van der Waals surface area contributed by atoms with Crippen LogP contribution in [0, 0.1) is 5.92 Å². The first-order valence-corrected chi connectivity index (χ1v) is 5.72. The Balaban J connectivity index is 1.86. The Morgan fingerprint density at radius 1 is 1.47 bits per heavy atom. The Morgan fingerprint density at radius 3 is 3.13 bits per heavy atom. The van der Waals surface area contributed by atoms with Crippen molar-refractivity contribution < 1.29 is 4.74 Å². The van der Waals surface area contributed by atoms with Crippen LogP contribution in [-0.2, 0) is 6.42 Å². The summed E-state index contributed by atoms with van der Waals surface area (Å²) in [7, 11) is 1.72. The van der Waals surface area contributed by atoms with E-state index >= 15 is 0 Å². The average molecular weight is 205 g/mol. The molecule has 1 fully saturated rings. The van der Waals surface area contributed by atoms with Gasteiger partial charge in [0.2, 0.25) is 0 Å². The molecule has 0 bridgehead atoms. The number of hydrogen-bond donors (Lipinski definition) is 1. The number of aryl methyl sites for hydroxylation is 1. The molecule has 0 radical (unpaired) electrons. The van der Waals surface area contributed by atoms with Gasteiger partial charge >= 0.3 is 0 Å². The van der Waals surface area contributed by atoms with Gasteiger partial charge in [-0.3, -0.25) is 0 Å². The molecule has 0 aromatic heterocycles. The number of methoxy groups -OCH3 is 1. The van der Waals surface area contributed by atoms with E-state index in [9.17, 15) is 0 Å². The van der Waals surface area contributed by atoms with Crippen LogP contribution in [0.4, 0.5) is 0 Å². The van der Waals surface area contributed by atoms with E-state index in [0.29, 0.717) is 0 Å². The molecule has 1 saturated heterocycles. The topological polar surface area (TPSA) is 21.3 Å². The molecule has 0 aliphatic carbocycles. The highest BCUT2D eigenvalue weighted by Gasteiger charge is 2.13. The fourth-order valence-electron chi connectivity index (χ4n) is 2.16. The zero-order valence-corrected chi connectivity index (χ0v) is 9.33. The van der Waals surface area contributed by atoms with E-state index < -0.39 is 0 Å². The molecule has 0 amide bonds. The maximum atomic E-state index is 5.21. The maximum absolute atomic E-state index is 5.21. The van der Waals surface area contributed by atoms with Gasteiger partial charge in [-0.2, -0.15) is 0 Å². The minimum absolute atomic E-state index is 0.871. The summed E-state index contributed by atoms with van der Waals surface area (Å²) in [6, 6.07) is 8.40. The van der Waals surface area contributed by atoms with E-state index in [2.05, 4.69) is 23.5 Å². The Bertz CT molecular complexity index is 305. The van der Waals surface area contributed by atoms with Gasteiger partial charge in [-0.05, 0) is 56.0 Å². The van der Waals surface area contributed by atoms with Gasteiger partial charge in [0.05, 0.1) is 7.11 Å². The van der Waals surface area contributed by atoms with Crippen LogP contribution in [0.1, 0.15) is 18.4 Å². The van der Waals surface area contributed by atoms with Gasteiger partial charge in [0.25, 0.3) is 0 Å². The van der Waals surface area contributed by atoms with Crippen molar-refractivity contribution in [2.24, 2.45) is 5.92 Å². The van der Waals surface area contributed by atoms with E-state index in [0.717, 1.165) is 11.7 Å². The normalized spacial score (nSPS) is 20.5. The lowest BCUT2D eigenvalue weighted by Crippen LogP contribution is -2.09. The number of rotatable bonds is 4. The largest absolute Gasteiger partial charge is 0.497 e. The molecule has 0 saturated carbocycles. The molecular weight excluding hydrogens is 186 g/mol. The van der Waals surface area contributed by atoms with Crippen molar-refractivity contribution in [2.75, 3.05) is 20.2 Å². The minimum atomic E-state index is 0.871. The average Bonchev–Trinajstić information content (AvgIpc) is 2.79. The number of ether oxygens (including phenoxy) is 1. The summed E-state index contributed by atoms with van der Waals surface area (Å²) < 4.78 is 5.21. The lowest BCUT2D eigenvalue weighted by atomic mass is 9.99. The Hall–Kier alpha value is -1.02. The summed E-state index contributed by atoms with van der Waals surface area (Å²) in [5.74, 6) is 1.84. The SMILES string of the molecule is COc1cccc(CCC2CCNC2)c1. The lowest BCUT2D eigenvalue weighted by molar-refractivity contribution is 0.414. The van der Waals surface area contributed by atoms with Gasteiger partial charge in [0.1, 0.15) is 5.75 Å². The fraction of sp³-hybridized carbons (Fsp3) is 0.538. The first kappa shape index (κ1) is 10.5. The molecular formula is C13H19NO. The number of hydrogen-bond acceptors (Lipinski definition) is 2. The second kappa shape index (κ2) is 5.17. The first-order valence-electron chi connectivity index (χ1n) is 5.72. The predicted molar refractivity (Wildman–Crippen MR) is 62.3 cm³/mol. The lowest BCUT2D eigenvalue weighted by Gasteiger charge is -2.08. The van der Waals surface area contributed by atoms with Crippen LogP contribution in [0.5, 0.6) is 5.75 Å². The minimum Gasteiger partial charge on any atom is -0.497 e. The van der Waals surface area contributed by atoms with Crippen molar-refractivity contribution in [3.8, 4) is 5.75 Å². The summed E-state index contributed by atoms with van der Waals surface area (Å²) in [4.78, 5) is 0. The zero-order chi connectivity index (χ0) is 10.5. The molecule has 1 aliphatic rings. The molecule has 1 unspecified atom stereocenters. The van der Waals surface area contributed by atoms with Crippen LogP contribution in [0.3, 0.4) is 0 Å². The Labute approximate surface area is 91.6 Å². The molecule has 1 heterocycles. The summed E-state index contributed by atoms with van der Waals surface area (Å²) in [5.41, 5.74) is 1.39. The first-order chi connectivity index (χ1) is 7.38. The van der Waals surface area contributed by atoms with Crippen LogP contribution < -0.4 is 10.1 Å². The Morgan fingerprint density at radius 2 is 2.40 bits per heavy atom. The van der Waals surface area contributed by atoms with Gasteiger partial charge in [0, 0.05) is 0 Å². The Kier molecular flexibility index (Phi) is 3.62. The molecule has 1 aromatic rings. The third-order valence-corrected chi connectivity index (χ3v) is 3.14. The van der Waals surface area contributed by atoms with Crippen molar-refractivity contribution in [2.45, 2.75) is 19.3 Å². The van der Waals surface area contributed by atoms with Crippen LogP contribution in [0.25, 0.3) is 0 Å². The summed E-state index contributed by atoms with van der Waals surface area (Å²) in [5, 5.41) is 3.41. The quantitative estimate of drug-likeness (QED) is 0.814. The molecule has 1 N–H and O–H groups in total. The van der Waals surface area contributed by atoms with Crippen LogP contribution in [0.2, 0.25) is 0 Å². The molecule has 2 nitrogen and oxygen atoms in total. The number of benzene rings is 1. The predicted octanol–water partition coefficient (Wildman–Crippen LogP) is 2.24. The second-order valence-corrected chi connectivity index (χ2v) is 4.25. The molecule has 15 heavy (non-hydrogen) atoms. The van der Waals surface area contributed by atoms with Gasteiger partial charge in [-0.1, -0.05) is 12.1 Å². The van der Waals surface area contributed by atoms with E-state index in [-0.39, 0.29) is 0 Å². The highest BCUT2D eigenvalue weighted by atomic mass is 16.5. The van der Waals surface area contributed by atoms with Crippen LogP contribution >= 0.6 is 0 Å².